The summed E-state index contributed by atoms with van der Waals surface area (Å²) in [6.45, 7) is 1.94. The van der Waals surface area contributed by atoms with E-state index in [9.17, 15) is 19.2 Å². The Hall–Kier alpha value is -2.50. The number of carbonyl (C=O) groups is 4. The van der Waals surface area contributed by atoms with E-state index in [1.54, 1.807) is 12.1 Å². The molecule has 4 unspecified atom stereocenters. The minimum atomic E-state index is -1.34. The van der Waals surface area contributed by atoms with Crippen LogP contribution < -0.4 is 0 Å². The fourth-order valence-electron chi connectivity index (χ4n) is 4.37. The van der Waals surface area contributed by atoms with Crippen LogP contribution in [0, 0.1) is 11.3 Å². The van der Waals surface area contributed by atoms with Crippen LogP contribution in [0.5, 0.6) is 0 Å². The number of carbonyl (C=O) groups excluding carboxylic acids is 4. The van der Waals surface area contributed by atoms with Crippen LogP contribution >= 0.6 is 0 Å². The predicted molar refractivity (Wildman–Crippen MR) is 75.0 cm³/mol. The van der Waals surface area contributed by atoms with Gasteiger partial charge in [0, 0.05) is 0 Å². The highest BCUT2D eigenvalue weighted by Crippen LogP contribution is 2.60. The Morgan fingerprint density at radius 2 is 1.70 bits per heavy atom. The molecule has 3 aliphatic rings. The number of hydrogen-bond acceptors (Lipinski definition) is 6. The number of hydrogen-bond donors (Lipinski definition) is 0. The number of rotatable bonds is 1. The molecule has 4 rings (SSSR count). The molecule has 0 bridgehead atoms. The summed E-state index contributed by atoms with van der Waals surface area (Å²) in [6.07, 6.45) is 0.0961. The van der Waals surface area contributed by atoms with Crippen LogP contribution in [0.1, 0.15) is 42.7 Å². The van der Waals surface area contributed by atoms with Crippen LogP contribution in [-0.4, -0.2) is 23.9 Å². The molecule has 0 amide bonds. The third-order valence-electron chi connectivity index (χ3n) is 5.30. The molecule has 0 radical (unpaired) electrons. The SMILES string of the molecule is CC1CC2(C3CC(=O)OC3=O)C(=O)OC(=O)C2c2ccccc21. The molecule has 1 aromatic rings. The van der Waals surface area contributed by atoms with Gasteiger partial charge in [-0.3, -0.25) is 19.2 Å². The second-order valence-electron chi connectivity index (χ2n) is 6.47. The minimum Gasteiger partial charge on any atom is -0.393 e. The highest BCUT2D eigenvalue weighted by Gasteiger charge is 2.68. The van der Waals surface area contributed by atoms with Crippen LogP contribution in [0.15, 0.2) is 24.3 Å². The smallest absolute Gasteiger partial charge is 0.322 e. The van der Waals surface area contributed by atoms with Crippen molar-refractivity contribution in [2.24, 2.45) is 11.3 Å². The van der Waals surface area contributed by atoms with Crippen molar-refractivity contribution < 1.29 is 28.7 Å². The lowest BCUT2D eigenvalue weighted by Gasteiger charge is -2.40. The molecule has 118 valence electrons. The number of ether oxygens (including phenoxy) is 2. The molecule has 0 saturated carbocycles. The Labute approximate surface area is 131 Å². The maximum Gasteiger partial charge on any atom is 0.322 e. The van der Waals surface area contributed by atoms with Crippen molar-refractivity contribution in [3.8, 4) is 0 Å². The molecule has 0 aromatic heterocycles. The van der Waals surface area contributed by atoms with E-state index in [2.05, 4.69) is 4.74 Å². The third kappa shape index (κ3) is 1.69. The maximum absolute atomic E-state index is 12.6. The van der Waals surface area contributed by atoms with Crippen molar-refractivity contribution in [1.82, 2.24) is 0 Å². The Kier molecular flexibility index (Phi) is 2.76. The summed E-state index contributed by atoms with van der Waals surface area (Å²) in [5.41, 5.74) is 0.334. The summed E-state index contributed by atoms with van der Waals surface area (Å²) < 4.78 is 9.56. The monoisotopic (exact) mass is 314 g/mol. The van der Waals surface area contributed by atoms with Gasteiger partial charge < -0.3 is 9.47 Å². The fraction of sp³-hybridized carbons (Fsp3) is 0.412. The van der Waals surface area contributed by atoms with Gasteiger partial charge in [-0.25, -0.2) is 0 Å². The predicted octanol–water partition coefficient (Wildman–Crippen LogP) is 1.44. The molecular formula is C17H14O6. The normalized spacial score (nSPS) is 35.6. The van der Waals surface area contributed by atoms with Gasteiger partial charge in [-0.1, -0.05) is 31.2 Å². The molecule has 2 saturated heterocycles. The van der Waals surface area contributed by atoms with Gasteiger partial charge in [0.2, 0.25) is 0 Å². The van der Waals surface area contributed by atoms with Crippen LogP contribution in [0.25, 0.3) is 0 Å². The molecular weight excluding hydrogens is 300 g/mol. The van der Waals surface area contributed by atoms with Gasteiger partial charge >= 0.3 is 23.9 Å². The highest BCUT2D eigenvalue weighted by molar-refractivity contribution is 6.07. The van der Waals surface area contributed by atoms with Crippen LogP contribution in [0.4, 0.5) is 0 Å². The Balaban J connectivity index is 1.93. The largest absolute Gasteiger partial charge is 0.393 e. The third-order valence-corrected chi connectivity index (χ3v) is 5.30. The van der Waals surface area contributed by atoms with E-state index in [-0.39, 0.29) is 18.8 Å². The average molecular weight is 314 g/mol. The van der Waals surface area contributed by atoms with Crippen molar-refractivity contribution in [2.45, 2.75) is 31.6 Å². The van der Waals surface area contributed by atoms with E-state index in [4.69, 9.17) is 4.74 Å². The highest BCUT2D eigenvalue weighted by atomic mass is 16.6. The molecule has 0 N–H and O–H groups in total. The van der Waals surface area contributed by atoms with E-state index in [1.165, 1.54) is 0 Å². The van der Waals surface area contributed by atoms with Gasteiger partial charge in [0.25, 0.3) is 0 Å². The minimum absolute atomic E-state index is 0.0376. The molecule has 6 nitrogen and oxygen atoms in total. The molecule has 1 aliphatic carbocycles. The first-order valence-electron chi connectivity index (χ1n) is 7.54. The molecule has 6 heteroatoms. The average Bonchev–Trinajstić information content (AvgIpc) is 2.97. The quantitative estimate of drug-likeness (QED) is 0.576. The van der Waals surface area contributed by atoms with E-state index < -0.39 is 41.1 Å². The van der Waals surface area contributed by atoms with Crippen molar-refractivity contribution in [3.63, 3.8) is 0 Å². The molecule has 2 heterocycles. The zero-order valence-corrected chi connectivity index (χ0v) is 12.4. The van der Waals surface area contributed by atoms with E-state index in [0.29, 0.717) is 5.56 Å². The number of benzene rings is 1. The Morgan fingerprint density at radius 3 is 2.35 bits per heavy atom. The van der Waals surface area contributed by atoms with Gasteiger partial charge in [-0.2, -0.15) is 0 Å². The lowest BCUT2D eigenvalue weighted by Crippen LogP contribution is -2.45. The fourth-order valence-corrected chi connectivity index (χ4v) is 4.37. The van der Waals surface area contributed by atoms with Crippen molar-refractivity contribution >= 4 is 23.9 Å². The standard InChI is InChI=1S/C17H14O6/c1-8-7-17(11-6-12(18)22-14(11)19)13(15(20)23-16(17)21)10-5-3-2-4-9(8)10/h2-5,8,11,13H,6-7H2,1H3. The van der Waals surface area contributed by atoms with Gasteiger partial charge in [0.15, 0.2) is 0 Å². The van der Waals surface area contributed by atoms with E-state index in [0.717, 1.165) is 5.56 Å². The summed E-state index contributed by atoms with van der Waals surface area (Å²) in [6, 6.07) is 7.36. The molecule has 2 fully saturated rings. The Morgan fingerprint density at radius 1 is 1.00 bits per heavy atom. The second-order valence-corrected chi connectivity index (χ2v) is 6.47. The summed E-state index contributed by atoms with van der Waals surface area (Å²) >= 11 is 0. The van der Waals surface area contributed by atoms with Crippen molar-refractivity contribution in [2.75, 3.05) is 0 Å². The zero-order chi connectivity index (χ0) is 16.4. The van der Waals surface area contributed by atoms with Crippen molar-refractivity contribution in [3.05, 3.63) is 35.4 Å². The topological polar surface area (TPSA) is 86.7 Å². The Bertz CT molecular complexity index is 766. The molecule has 1 aromatic carbocycles. The van der Waals surface area contributed by atoms with Crippen LogP contribution in [-0.2, 0) is 28.7 Å². The van der Waals surface area contributed by atoms with Gasteiger partial charge in [-0.05, 0) is 23.5 Å². The summed E-state index contributed by atoms with van der Waals surface area (Å²) in [4.78, 5) is 48.6. The maximum atomic E-state index is 12.6. The zero-order valence-electron chi connectivity index (χ0n) is 12.4. The van der Waals surface area contributed by atoms with Crippen LogP contribution in [0.3, 0.4) is 0 Å². The number of esters is 4. The second kappa shape index (κ2) is 4.50. The van der Waals surface area contributed by atoms with Gasteiger partial charge in [0.05, 0.1) is 18.3 Å². The van der Waals surface area contributed by atoms with Crippen molar-refractivity contribution in [1.29, 1.82) is 0 Å². The van der Waals surface area contributed by atoms with E-state index >= 15 is 0 Å². The first kappa shape index (κ1) is 14.1. The first-order chi connectivity index (χ1) is 10.9. The molecule has 2 aliphatic heterocycles. The molecule has 0 spiro atoms. The number of cyclic esters (lactones) is 4. The van der Waals surface area contributed by atoms with Gasteiger partial charge in [0.1, 0.15) is 5.41 Å². The molecule has 4 atom stereocenters. The summed E-state index contributed by atoms with van der Waals surface area (Å²) in [5, 5.41) is 0. The lowest BCUT2D eigenvalue weighted by molar-refractivity contribution is -0.162. The van der Waals surface area contributed by atoms with E-state index in [1.807, 2.05) is 19.1 Å². The first-order valence-corrected chi connectivity index (χ1v) is 7.54. The lowest BCUT2D eigenvalue weighted by atomic mass is 9.56. The molecule has 23 heavy (non-hydrogen) atoms. The number of fused-ring (bicyclic) bond motifs is 3. The summed E-state index contributed by atoms with van der Waals surface area (Å²) in [7, 11) is 0. The summed E-state index contributed by atoms with van der Waals surface area (Å²) in [5.74, 6) is -4.62. The van der Waals surface area contributed by atoms with Gasteiger partial charge in [-0.15, -0.1) is 0 Å². The van der Waals surface area contributed by atoms with Crippen LogP contribution in [0.2, 0.25) is 0 Å².